The summed E-state index contributed by atoms with van der Waals surface area (Å²) < 4.78 is 0. The van der Waals surface area contributed by atoms with E-state index >= 15 is 0 Å². The van der Waals surface area contributed by atoms with E-state index in [1.807, 2.05) is 19.2 Å². The first-order valence-electron chi connectivity index (χ1n) is 6.53. The standard InChI is InChI=1S/C14H23N3/c1-10-7-11(2)9-17(8-10)14-13(12(3)15)5-4-6-16-14/h4-6,10-12H,7-9,15H2,1-3H3. The van der Waals surface area contributed by atoms with Crippen molar-refractivity contribution in [2.45, 2.75) is 33.2 Å². The Balaban J connectivity index is 2.27. The van der Waals surface area contributed by atoms with Crippen molar-refractivity contribution in [3.8, 4) is 0 Å². The maximum Gasteiger partial charge on any atom is 0.133 e. The van der Waals surface area contributed by atoms with E-state index < -0.39 is 0 Å². The first kappa shape index (κ1) is 12.4. The first-order valence-corrected chi connectivity index (χ1v) is 6.53. The van der Waals surface area contributed by atoms with Crippen LogP contribution in [0.25, 0.3) is 0 Å². The Bertz CT molecular complexity index is 365. The van der Waals surface area contributed by atoms with Gasteiger partial charge < -0.3 is 10.6 Å². The van der Waals surface area contributed by atoms with E-state index in [1.165, 1.54) is 6.42 Å². The highest BCUT2D eigenvalue weighted by molar-refractivity contribution is 5.48. The molecule has 1 aliphatic heterocycles. The van der Waals surface area contributed by atoms with Crippen LogP contribution in [0.1, 0.15) is 38.8 Å². The Kier molecular flexibility index (Phi) is 3.67. The lowest BCUT2D eigenvalue weighted by Gasteiger charge is -2.37. The molecule has 1 aromatic heterocycles. The summed E-state index contributed by atoms with van der Waals surface area (Å²) in [6.07, 6.45) is 3.18. The van der Waals surface area contributed by atoms with E-state index in [1.54, 1.807) is 0 Å². The third-order valence-corrected chi connectivity index (χ3v) is 3.48. The zero-order valence-electron chi connectivity index (χ0n) is 11.1. The van der Waals surface area contributed by atoms with E-state index in [4.69, 9.17) is 5.73 Å². The maximum absolute atomic E-state index is 6.02. The number of piperidine rings is 1. The van der Waals surface area contributed by atoms with Gasteiger partial charge in [-0.05, 0) is 31.2 Å². The number of rotatable bonds is 2. The number of pyridine rings is 1. The summed E-state index contributed by atoms with van der Waals surface area (Å²) in [7, 11) is 0. The van der Waals surface area contributed by atoms with Crippen LogP contribution in [0.2, 0.25) is 0 Å². The SMILES string of the molecule is CC1CC(C)CN(c2ncccc2C(C)N)C1. The van der Waals surface area contributed by atoms with Gasteiger partial charge in [-0.25, -0.2) is 4.98 Å². The second kappa shape index (κ2) is 5.05. The van der Waals surface area contributed by atoms with Gasteiger partial charge in [-0.15, -0.1) is 0 Å². The van der Waals surface area contributed by atoms with Crippen molar-refractivity contribution in [3.05, 3.63) is 23.9 Å². The summed E-state index contributed by atoms with van der Waals surface area (Å²) in [5.41, 5.74) is 7.18. The molecule has 1 fully saturated rings. The molecule has 2 heterocycles. The molecule has 1 aromatic rings. The molecule has 1 saturated heterocycles. The molecule has 0 radical (unpaired) electrons. The van der Waals surface area contributed by atoms with Crippen molar-refractivity contribution in [2.75, 3.05) is 18.0 Å². The Hall–Kier alpha value is -1.09. The van der Waals surface area contributed by atoms with E-state index in [-0.39, 0.29) is 6.04 Å². The number of hydrogen-bond acceptors (Lipinski definition) is 3. The summed E-state index contributed by atoms with van der Waals surface area (Å²) in [5.74, 6) is 2.56. The normalized spacial score (nSPS) is 26.9. The van der Waals surface area contributed by atoms with Crippen molar-refractivity contribution in [2.24, 2.45) is 17.6 Å². The third-order valence-electron chi connectivity index (χ3n) is 3.48. The molecule has 3 heteroatoms. The molecule has 2 N–H and O–H groups in total. The molecule has 0 aliphatic carbocycles. The number of hydrogen-bond donors (Lipinski definition) is 1. The molecule has 94 valence electrons. The fraction of sp³-hybridized carbons (Fsp3) is 0.643. The van der Waals surface area contributed by atoms with Crippen molar-refractivity contribution in [1.29, 1.82) is 0 Å². The fourth-order valence-electron chi connectivity index (χ4n) is 2.86. The van der Waals surface area contributed by atoms with Gasteiger partial charge in [0.05, 0.1) is 0 Å². The molecule has 0 aromatic carbocycles. The lowest BCUT2D eigenvalue weighted by molar-refractivity contribution is 0.354. The maximum atomic E-state index is 6.02. The Morgan fingerprint density at radius 3 is 2.59 bits per heavy atom. The van der Waals surface area contributed by atoms with Crippen molar-refractivity contribution in [1.82, 2.24) is 4.98 Å². The zero-order chi connectivity index (χ0) is 12.4. The van der Waals surface area contributed by atoms with Crippen LogP contribution in [0, 0.1) is 11.8 Å². The average molecular weight is 233 g/mol. The molecular weight excluding hydrogens is 210 g/mol. The topological polar surface area (TPSA) is 42.2 Å². The minimum Gasteiger partial charge on any atom is -0.356 e. The third kappa shape index (κ3) is 2.78. The van der Waals surface area contributed by atoms with E-state index in [0.29, 0.717) is 0 Å². The van der Waals surface area contributed by atoms with Crippen LogP contribution < -0.4 is 10.6 Å². The van der Waals surface area contributed by atoms with Gasteiger partial charge in [0.15, 0.2) is 0 Å². The van der Waals surface area contributed by atoms with Crippen molar-refractivity contribution >= 4 is 5.82 Å². The van der Waals surface area contributed by atoms with Gasteiger partial charge in [0.1, 0.15) is 5.82 Å². The zero-order valence-corrected chi connectivity index (χ0v) is 11.1. The van der Waals surface area contributed by atoms with E-state index in [0.717, 1.165) is 36.3 Å². The van der Waals surface area contributed by atoms with E-state index in [9.17, 15) is 0 Å². The van der Waals surface area contributed by atoms with Gasteiger partial charge in [-0.3, -0.25) is 0 Å². The van der Waals surface area contributed by atoms with Crippen LogP contribution >= 0.6 is 0 Å². The van der Waals surface area contributed by atoms with Gasteiger partial charge in [0.2, 0.25) is 0 Å². The molecule has 3 nitrogen and oxygen atoms in total. The highest BCUT2D eigenvalue weighted by Crippen LogP contribution is 2.29. The van der Waals surface area contributed by atoms with Crippen molar-refractivity contribution < 1.29 is 0 Å². The second-order valence-corrected chi connectivity index (χ2v) is 5.56. The summed E-state index contributed by atoms with van der Waals surface area (Å²) in [5, 5.41) is 0. The number of anilines is 1. The lowest BCUT2D eigenvalue weighted by atomic mass is 9.91. The number of aromatic nitrogens is 1. The summed E-state index contributed by atoms with van der Waals surface area (Å²) in [6, 6.07) is 4.11. The van der Waals surface area contributed by atoms with Crippen LogP contribution in [0.5, 0.6) is 0 Å². The number of nitrogens with zero attached hydrogens (tertiary/aromatic N) is 2. The molecule has 17 heavy (non-hydrogen) atoms. The molecular formula is C14H23N3. The molecule has 3 unspecified atom stereocenters. The number of nitrogens with two attached hydrogens (primary N) is 1. The van der Waals surface area contributed by atoms with Crippen molar-refractivity contribution in [3.63, 3.8) is 0 Å². The minimum absolute atomic E-state index is 0.0474. The van der Waals surface area contributed by atoms with Crippen LogP contribution in [0.15, 0.2) is 18.3 Å². The molecule has 0 amide bonds. The molecule has 0 bridgehead atoms. The lowest BCUT2D eigenvalue weighted by Crippen LogP contribution is -2.40. The Morgan fingerprint density at radius 2 is 2.00 bits per heavy atom. The van der Waals surface area contributed by atoms with Crippen LogP contribution in [0.3, 0.4) is 0 Å². The quantitative estimate of drug-likeness (QED) is 0.853. The summed E-state index contributed by atoms with van der Waals surface area (Å²) >= 11 is 0. The highest BCUT2D eigenvalue weighted by Gasteiger charge is 2.24. The minimum atomic E-state index is 0.0474. The smallest absolute Gasteiger partial charge is 0.133 e. The van der Waals surface area contributed by atoms with Crippen LogP contribution in [0.4, 0.5) is 5.82 Å². The molecule has 0 spiro atoms. The van der Waals surface area contributed by atoms with Gasteiger partial charge in [0, 0.05) is 30.9 Å². The molecule has 1 aliphatic rings. The Morgan fingerprint density at radius 1 is 1.35 bits per heavy atom. The fourth-order valence-corrected chi connectivity index (χ4v) is 2.86. The second-order valence-electron chi connectivity index (χ2n) is 5.56. The van der Waals surface area contributed by atoms with Crippen LogP contribution in [-0.4, -0.2) is 18.1 Å². The average Bonchev–Trinajstić information content (AvgIpc) is 2.27. The van der Waals surface area contributed by atoms with Gasteiger partial charge >= 0.3 is 0 Å². The predicted molar refractivity (Wildman–Crippen MR) is 72.0 cm³/mol. The largest absolute Gasteiger partial charge is 0.356 e. The Labute approximate surface area is 104 Å². The summed E-state index contributed by atoms with van der Waals surface area (Å²) in [4.78, 5) is 6.94. The highest BCUT2D eigenvalue weighted by atomic mass is 15.2. The molecule has 3 atom stereocenters. The molecule has 0 saturated carbocycles. The van der Waals surface area contributed by atoms with E-state index in [2.05, 4.69) is 29.8 Å². The first-order chi connectivity index (χ1) is 8.08. The van der Waals surface area contributed by atoms with Gasteiger partial charge in [-0.2, -0.15) is 0 Å². The predicted octanol–water partition coefficient (Wildman–Crippen LogP) is 2.58. The van der Waals surface area contributed by atoms with Gasteiger partial charge in [-0.1, -0.05) is 19.9 Å². The summed E-state index contributed by atoms with van der Waals surface area (Å²) in [6.45, 7) is 8.85. The molecule has 2 rings (SSSR count). The monoisotopic (exact) mass is 233 g/mol. The van der Waals surface area contributed by atoms with Crippen LogP contribution in [-0.2, 0) is 0 Å². The van der Waals surface area contributed by atoms with Gasteiger partial charge in [0.25, 0.3) is 0 Å².